The highest BCUT2D eigenvalue weighted by Gasteiger charge is 2.08. The van der Waals surface area contributed by atoms with Crippen molar-refractivity contribution in [3.8, 4) is 6.07 Å². The van der Waals surface area contributed by atoms with Crippen molar-refractivity contribution in [2.24, 2.45) is 0 Å². The molecule has 0 amide bonds. The second-order valence-electron chi connectivity index (χ2n) is 2.04. The number of H-pyrrole nitrogens is 2. The summed E-state index contributed by atoms with van der Waals surface area (Å²) in [5.41, 5.74) is -1.19. The van der Waals surface area contributed by atoms with E-state index < -0.39 is 17.4 Å². The fourth-order valence-corrected chi connectivity index (χ4v) is 0.729. The maximum atomic E-state index is 10.8. The summed E-state index contributed by atoms with van der Waals surface area (Å²) in [5, 5.41) is 12.5. The Labute approximate surface area is 61.1 Å². The van der Waals surface area contributed by atoms with Crippen molar-refractivity contribution in [1.29, 1.82) is 5.26 Å². The summed E-state index contributed by atoms with van der Waals surface area (Å²) in [6, 6.07) is 1.03. The number of hydrogen-bond acceptors (Lipinski definition) is 3. The molecule has 0 saturated heterocycles. The predicted octanol–water partition coefficient (Wildman–Crippen LogP) is -1.05. The minimum absolute atomic E-state index is 0.593. The number of nitrogens with zero attached hydrogens (tertiary/aromatic N) is 2. The summed E-state index contributed by atoms with van der Waals surface area (Å²) in [6.07, 6.45) is 0. The van der Waals surface area contributed by atoms with E-state index in [4.69, 9.17) is 5.26 Å². The monoisotopic (exact) mass is 154 g/mol. The molecule has 1 unspecified atom stereocenters. The van der Waals surface area contributed by atoms with Gasteiger partial charge in [0.25, 0.3) is 0 Å². The van der Waals surface area contributed by atoms with Crippen molar-refractivity contribution < 1.29 is 0 Å². The van der Waals surface area contributed by atoms with Gasteiger partial charge in [-0.15, -0.1) is 0 Å². The summed E-state index contributed by atoms with van der Waals surface area (Å²) >= 11 is 0. The lowest BCUT2D eigenvalue weighted by atomic mass is 10.4. The minimum Gasteiger partial charge on any atom is -0.247 e. The lowest BCUT2D eigenvalue weighted by Gasteiger charge is -1.96. The number of hydrogen-bond donors (Lipinski definition) is 2. The van der Waals surface area contributed by atoms with Crippen LogP contribution in [0.2, 0.25) is 0 Å². The van der Waals surface area contributed by atoms with Crippen molar-refractivity contribution in [1.82, 2.24) is 14.8 Å². The number of aromatic nitrogens is 3. The van der Waals surface area contributed by atoms with Gasteiger partial charge in [0, 0.05) is 0 Å². The predicted molar refractivity (Wildman–Crippen MR) is 36.0 cm³/mol. The Hall–Kier alpha value is -1.77. The van der Waals surface area contributed by atoms with Crippen LogP contribution in [0.15, 0.2) is 9.59 Å². The van der Waals surface area contributed by atoms with Crippen molar-refractivity contribution in [2.45, 2.75) is 13.0 Å². The van der Waals surface area contributed by atoms with Crippen molar-refractivity contribution in [3.63, 3.8) is 0 Å². The van der Waals surface area contributed by atoms with Crippen LogP contribution in [0.4, 0.5) is 0 Å². The topological polar surface area (TPSA) is 94.4 Å². The molecule has 0 radical (unpaired) electrons. The highest BCUT2D eigenvalue weighted by molar-refractivity contribution is 4.87. The van der Waals surface area contributed by atoms with Crippen molar-refractivity contribution >= 4 is 0 Å². The summed E-state index contributed by atoms with van der Waals surface area (Å²) in [7, 11) is 0. The molecule has 0 aromatic carbocycles. The molecule has 1 rings (SSSR count). The summed E-state index contributed by atoms with van der Waals surface area (Å²) in [4.78, 5) is 21.5. The van der Waals surface area contributed by atoms with Crippen LogP contribution >= 0.6 is 0 Å². The Morgan fingerprint density at radius 1 is 1.45 bits per heavy atom. The molecule has 0 aliphatic heterocycles. The SMILES string of the molecule is CC(C#N)n1c(=O)[nH][nH]c1=O. The van der Waals surface area contributed by atoms with Gasteiger partial charge in [0.05, 0.1) is 6.07 Å². The molecule has 1 aromatic rings. The van der Waals surface area contributed by atoms with E-state index in [2.05, 4.69) is 10.2 Å². The van der Waals surface area contributed by atoms with Crippen LogP contribution < -0.4 is 11.4 Å². The van der Waals surface area contributed by atoms with E-state index in [9.17, 15) is 9.59 Å². The molecule has 0 bridgehead atoms. The van der Waals surface area contributed by atoms with Crippen molar-refractivity contribution in [3.05, 3.63) is 21.0 Å². The van der Waals surface area contributed by atoms with Crippen LogP contribution in [0.5, 0.6) is 0 Å². The first-order chi connectivity index (χ1) is 5.16. The summed E-state index contributed by atoms with van der Waals surface area (Å²) in [5.74, 6) is 0. The summed E-state index contributed by atoms with van der Waals surface area (Å²) < 4.78 is 0.806. The molecule has 11 heavy (non-hydrogen) atoms. The van der Waals surface area contributed by atoms with E-state index in [0.717, 1.165) is 4.57 Å². The Morgan fingerprint density at radius 3 is 2.27 bits per heavy atom. The molecule has 1 atom stereocenters. The van der Waals surface area contributed by atoms with Crippen LogP contribution in [-0.2, 0) is 0 Å². The fraction of sp³-hybridized carbons (Fsp3) is 0.400. The zero-order valence-electron chi connectivity index (χ0n) is 5.79. The van der Waals surface area contributed by atoms with Crippen molar-refractivity contribution in [2.75, 3.05) is 0 Å². The second kappa shape index (κ2) is 2.46. The number of nitrogens with one attached hydrogen (secondary N) is 2. The first kappa shape index (κ1) is 7.34. The number of aromatic amines is 2. The van der Waals surface area contributed by atoms with Gasteiger partial charge in [-0.3, -0.25) is 0 Å². The van der Waals surface area contributed by atoms with Crippen LogP contribution in [0.25, 0.3) is 0 Å². The third-order valence-electron chi connectivity index (χ3n) is 1.29. The van der Waals surface area contributed by atoms with E-state index >= 15 is 0 Å². The average molecular weight is 154 g/mol. The quantitative estimate of drug-likeness (QED) is 0.540. The normalized spacial score (nSPS) is 12.4. The van der Waals surface area contributed by atoms with Crippen LogP contribution in [0, 0.1) is 11.3 Å². The Morgan fingerprint density at radius 2 is 1.91 bits per heavy atom. The van der Waals surface area contributed by atoms with E-state index in [1.165, 1.54) is 6.92 Å². The second-order valence-corrected chi connectivity index (χ2v) is 2.04. The zero-order valence-corrected chi connectivity index (χ0v) is 5.79. The maximum Gasteiger partial charge on any atom is 0.345 e. The number of rotatable bonds is 1. The van der Waals surface area contributed by atoms with Gasteiger partial charge in [0.15, 0.2) is 0 Å². The zero-order chi connectivity index (χ0) is 8.43. The van der Waals surface area contributed by atoms with Crippen LogP contribution in [-0.4, -0.2) is 14.8 Å². The molecule has 58 valence electrons. The first-order valence-electron chi connectivity index (χ1n) is 2.95. The molecule has 0 aliphatic rings. The highest BCUT2D eigenvalue weighted by atomic mass is 16.2. The molecule has 0 aliphatic carbocycles. The Kier molecular flexibility index (Phi) is 1.64. The lowest BCUT2D eigenvalue weighted by molar-refractivity contribution is 0.626. The number of nitriles is 1. The maximum absolute atomic E-state index is 10.8. The standard InChI is InChI=1S/C5H6N4O2/c1-3(2-6)9-4(10)7-8-5(9)11/h3H,1H3,(H,7,10)(H,8,11). The molecule has 6 nitrogen and oxygen atoms in total. The third-order valence-corrected chi connectivity index (χ3v) is 1.29. The Bertz CT molecular complexity index is 362. The van der Waals surface area contributed by atoms with E-state index in [1.807, 2.05) is 0 Å². The van der Waals surface area contributed by atoms with E-state index in [1.54, 1.807) is 6.07 Å². The van der Waals surface area contributed by atoms with Crippen LogP contribution in [0.1, 0.15) is 13.0 Å². The minimum atomic E-state index is -0.738. The fourth-order valence-electron chi connectivity index (χ4n) is 0.729. The van der Waals surface area contributed by atoms with Gasteiger partial charge in [0.1, 0.15) is 6.04 Å². The molecule has 1 heterocycles. The van der Waals surface area contributed by atoms with Gasteiger partial charge < -0.3 is 0 Å². The largest absolute Gasteiger partial charge is 0.345 e. The molecular weight excluding hydrogens is 148 g/mol. The Balaban J connectivity index is 3.35. The average Bonchev–Trinajstić information content (AvgIpc) is 2.30. The smallest absolute Gasteiger partial charge is 0.247 e. The van der Waals surface area contributed by atoms with Gasteiger partial charge in [-0.05, 0) is 6.92 Å². The molecule has 0 saturated carbocycles. The van der Waals surface area contributed by atoms with Gasteiger partial charge in [-0.1, -0.05) is 0 Å². The highest BCUT2D eigenvalue weighted by Crippen LogP contribution is 1.91. The van der Waals surface area contributed by atoms with Gasteiger partial charge in [-0.25, -0.2) is 24.4 Å². The van der Waals surface area contributed by atoms with E-state index in [-0.39, 0.29) is 0 Å². The van der Waals surface area contributed by atoms with E-state index in [0.29, 0.717) is 0 Å². The third kappa shape index (κ3) is 1.08. The molecule has 0 spiro atoms. The molecule has 2 N–H and O–H groups in total. The molecule has 6 heteroatoms. The molecular formula is C5H6N4O2. The summed E-state index contributed by atoms with van der Waals surface area (Å²) in [6.45, 7) is 1.46. The van der Waals surface area contributed by atoms with Gasteiger partial charge in [-0.2, -0.15) is 5.26 Å². The van der Waals surface area contributed by atoms with Gasteiger partial charge in [0.2, 0.25) is 0 Å². The van der Waals surface area contributed by atoms with Crippen LogP contribution in [0.3, 0.4) is 0 Å². The van der Waals surface area contributed by atoms with Gasteiger partial charge >= 0.3 is 11.4 Å². The molecule has 1 aromatic heterocycles. The first-order valence-corrected chi connectivity index (χ1v) is 2.95. The molecule has 0 fully saturated rings. The lowest BCUT2D eigenvalue weighted by Crippen LogP contribution is -2.28.